The number of likely N-dealkylation sites (tertiary alicyclic amines) is 1. The lowest BCUT2D eigenvalue weighted by Crippen LogP contribution is -2.37. The molecule has 186 valence electrons. The number of nitrogens with zero attached hydrogens (tertiary/aromatic N) is 3. The maximum atomic E-state index is 13.9. The van der Waals surface area contributed by atoms with E-state index in [1.807, 2.05) is 0 Å². The molecular formula is C26H25ClFN5O3. The molecule has 10 heteroatoms. The Morgan fingerprint density at radius 2 is 1.72 bits per heavy atom. The van der Waals surface area contributed by atoms with E-state index in [-0.39, 0.29) is 23.0 Å². The third-order valence-electron chi connectivity index (χ3n) is 5.89. The van der Waals surface area contributed by atoms with E-state index in [1.54, 1.807) is 42.3 Å². The summed E-state index contributed by atoms with van der Waals surface area (Å²) in [5.74, 6) is -1.56. The zero-order valence-corrected chi connectivity index (χ0v) is 20.4. The zero-order valence-electron chi connectivity index (χ0n) is 19.6. The van der Waals surface area contributed by atoms with Gasteiger partial charge in [-0.3, -0.25) is 19.3 Å². The fourth-order valence-electron chi connectivity index (χ4n) is 3.86. The third kappa shape index (κ3) is 6.24. The number of carbonyl (C=O) groups excluding carboxylic acids is 3. The van der Waals surface area contributed by atoms with Crippen LogP contribution in [-0.4, -0.2) is 54.3 Å². The number of amides is 3. The van der Waals surface area contributed by atoms with Crippen molar-refractivity contribution in [3.8, 4) is 0 Å². The minimum absolute atomic E-state index is 0.0220. The first-order chi connectivity index (χ1) is 17.3. The van der Waals surface area contributed by atoms with Crippen molar-refractivity contribution in [1.82, 2.24) is 9.88 Å². The maximum absolute atomic E-state index is 13.9. The Balaban J connectivity index is 1.44. The quantitative estimate of drug-likeness (QED) is 0.491. The van der Waals surface area contributed by atoms with E-state index in [1.165, 1.54) is 18.3 Å². The normalized spacial score (nSPS) is 13.3. The Morgan fingerprint density at radius 3 is 2.39 bits per heavy atom. The minimum atomic E-state index is -0.645. The second kappa shape index (κ2) is 11.3. The van der Waals surface area contributed by atoms with Gasteiger partial charge in [-0.25, -0.2) is 9.37 Å². The highest BCUT2D eigenvalue weighted by Gasteiger charge is 2.20. The van der Waals surface area contributed by atoms with Crippen LogP contribution in [0.3, 0.4) is 0 Å². The van der Waals surface area contributed by atoms with Crippen LogP contribution in [0.5, 0.6) is 0 Å². The summed E-state index contributed by atoms with van der Waals surface area (Å²) in [5, 5.41) is 5.61. The smallest absolute Gasteiger partial charge is 0.259 e. The summed E-state index contributed by atoms with van der Waals surface area (Å²) in [6.45, 7) is 2.22. The molecule has 4 rings (SSSR count). The zero-order chi connectivity index (χ0) is 25.7. The Morgan fingerprint density at radius 1 is 1.00 bits per heavy atom. The molecule has 1 aliphatic rings. The second-order valence-corrected chi connectivity index (χ2v) is 8.88. The van der Waals surface area contributed by atoms with Crippen LogP contribution >= 0.6 is 11.6 Å². The fraction of sp³-hybridized carbons (Fsp3) is 0.231. The molecule has 0 unspecified atom stereocenters. The summed E-state index contributed by atoms with van der Waals surface area (Å²) in [6.07, 6.45) is 3.58. The van der Waals surface area contributed by atoms with E-state index in [0.29, 0.717) is 22.8 Å². The molecule has 3 aromatic rings. The van der Waals surface area contributed by atoms with Crippen molar-refractivity contribution < 1.29 is 18.8 Å². The molecule has 1 aliphatic heterocycles. The molecule has 0 atom stereocenters. The molecule has 2 aromatic carbocycles. The molecule has 0 bridgehead atoms. The van der Waals surface area contributed by atoms with Crippen molar-refractivity contribution in [3.63, 3.8) is 0 Å². The molecule has 8 nitrogen and oxygen atoms in total. The Kier molecular flexibility index (Phi) is 7.92. The van der Waals surface area contributed by atoms with Crippen LogP contribution in [-0.2, 0) is 4.79 Å². The van der Waals surface area contributed by atoms with Gasteiger partial charge >= 0.3 is 0 Å². The first kappa shape index (κ1) is 25.3. The van der Waals surface area contributed by atoms with Crippen LogP contribution in [0, 0.1) is 5.82 Å². The number of carbonyl (C=O) groups is 3. The topological polar surface area (TPSA) is 94.6 Å². The maximum Gasteiger partial charge on any atom is 0.259 e. The van der Waals surface area contributed by atoms with E-state index in [9.17, 15) is 18.8 Å². The highest BCUT2D eigenvalue weighted by molar-refractivity contribution is 6.30. The monoisotopic (exact) mass is 509 g/mol. The number of halogens is 2. The number of pyridine rings is 1. The first-order valence-corrected chi connectivity index (χ1v) is 11.8. The molecule has 2 N–H and O–H groups in total. The van der Waals surface area contributed by atoms with E-state index in [4.69, 9.17) is 11.6 Å². The standard InChI is InChI=1S/C26H25ClFN5O3/c1-32(24(34)16-33-12-2-3-13-33)20-8-4-17(5-9-20)25(35)30-22-10-7-19(28)14-21(22)26(36)31-23-11-6-18(27)15-29-23/h4-11,14-15H,2-3,12-13,16H2,1H3,(H,30,35)(H,29,31,36). The van der Waals surface area contributed by atoms with Crippen molar-refractivity contribution in [2.45, 2.75) is 12.8 Å². The summed E-state index contributed by atoms with van der Waals surface area (Å²) in [4.78, 5) is 45.9. The van der Waals surface area contributed by atoms with Crippen LogP contribution in [0.1, 0.15) is 33.6 Å². The van der Waals surface area contributed by atoms with Gasteiger partial charge in [0.1, 0.15) is 11.6 Å². The van der Waals surface area contributed by atoms with Gasteiger partial charge in [0, 0.05) is 24.5 Å². The van der Waals surface area contributed by atoms with Gasteiger partial charge in [0.15, 0.2) is 0 Å². The summed E-state index contributed by atoms with van der Waals surface area (Å²) in [6, 6.07) is 13.1. The first-order valence-electron chi connectivity index (χ1n) is 11.4. The van der Waals surface area contributed by atoms with Gasteiger partial charge in [0.25, 0.3) is 11.8 Å². The van der Waals surface area contributed by atoms with Gasteiger partial charge in [-0.2, -0.15) is 0 Å². The van der Waals surface area contributed by atoms with E-state index >= 15 is 0 Å². The highest BCUT2D eigenvalue weighted by Crippen LogP contribution is 2.21. The lowest BCUT2D eigenvalue weighted by atomic mass is 10.1. The molecule has 0 radical (unpaired) electrons. The number of nitrogens with one attached hydrogen (secondary N) is 2. The molecule has 1 saturated heterocycles. The molecule has 1 aromatic heterocycles. The number of anilines is 3. The molecule has 36 heavy (non-hydrogen) atoms. The Labute approximate surface area is 213 Å². The van der Waals surface area contributed by atoms with Crippen molar-refractivity contribution in [2.75, 3.05) is 42.2 Å². The van der Waals surface area contributed by atoms with Crippen molar-refractivity contribution in [1.29, 1.82) is 0 Å². The number of hydrogen-bond acceptors (Lipinski definition) is 5. The number of rotatable bonds is 7. The largest absolute Gasteiger partial charge is 0.321 e. The lowest BCUT2D eigenvalue weighted by molar-refractivity contribution is -0.119. The second-order valence-electron chi connectivity index (χ2n) is 8.44. The lowest BCUT2D eigenvalue weighted by Gasteiger charge is -2.21. The van der Waals surface area contributed by atoms with E-state index in [0.717, 1.165) is 38.1 Å². The van der Waals surface area contributed by atoms with Gasteiger partial charge in [-0.15, -0.1) is 0 Å². The predicted molar refractivity (Wildman–Crippen MR) is 137 cm³/mol. The summed E-state index contributed by atoms with van der Waals surface area (Å²) in [7, 11) is 1.70. The molecule has 0 spiro atoms. The van der Waals surface area contributed by atoms with Crippen molar-refractivity contribution >= 4 is 46.5 Å². The molecule has 0 aliphatic carbocycles. The van der Waals surface area contributed by atoms with Crippen LogP contribution in [0.25, 0.3) is 0 Å². The summed E-state index contributed by atoms with van der Waals surface area (Å²) < 4.78 is 13.9. The SMILES string of the molecule is CN(C(=O)CN1CCCC1)c1ccc(C(=O)Nc2ccc(F)cc2C(=O)Nc2ccc(Cl)cn2)cc1. The summed E-state index contributed by atoms with van der Waals surface area (Å²) >= 11 is 5.81. The number of aromatic nitrogens is 1. The van der Waals surface area contributed by atoms with Crippen LogP contribution < -0.4 is 15.5 Å². The average Bonchev–Trinajstić information content (AvgIpc) is 3.39. The predicted octanol–water partition coefficient (Wildman–Crippen LogP) is 4.44. The van der Waals surface area contributed by atoms with E-state index in [2.05, 4.69) is 20.5 Å². The fourth-order valence-corrected chi connectivity index (χ4v) is 3.97. The molecule has 0 saturated carbocycles. The highest BCUT2D eigenvalue weighted by atomic mass is 35.5. The van der Waals surface area contributed by atoms with Gasteiger partial charge < -0.3 is 15.5 Å². The van der Waals surface area contributed by atoms with Crippen molar-refractivity contribution in [3.05, 3.63) is 82.8 Å². The Hall–Kier alpha value is -3.82. The Bertz CT molecular complexity index is 1260. The molecule has 3 amide bonds. The minimum Gasteiger partial charge on any atom is -0.321 e. The third-order valence-corrected chi connectivity index (χ3v) is 6.12. The van der Waals surface area contributed by atoms with Crippen LogP contribution in [0.4, 0.5) is 21.6 Å². The molecular weight excluding hydrogens is 485 g/mol. The molecule has 1 fully saturated rings. The number of hydrogen-bond donors (Lipinski definition) is 2. The van der Waals surface area contributed by atoms with Gasteiger partial charge in [-0.1, -0.05) is 11.6 Å². The molecule has 2 heterocycles. The van der Waals surface area contributed by atoms with E-state index < -0.39 is 17.6 Å². The average molecular weight is 510 g/mol. The van der Waals surface area contributed by atoms with Crippen molar-refractivity contribution in [2.24, 2.45) is 0 Å². The van der Waals surface area contributed by atoms with Gasteiger partial charge in [0.2, 0.25) is 5.91 Å². The number of likely N-dealkylation sites (N-methyl/N-ethyl adjacent to an activating group) is 1. The van der Waals surface area contributed by atoms with Crippen LogP contribution in [0.2, 0.25) is 5.02 Å². The van der Waals surface area contributed by atoms with Crippen LogP contribution in [0.15, 0.2) is 60.8 Å². The van der Waals surface area contributed by atoms with Gasteiger partial charge in [0.05, 0.1) is 22.8 Å². The van der Waals surface area contributed by atoms with Gasteiger partial charge in [-0.05, 0) is 80.5 Å². The summed E-state index contributed by atoms with van der Waals surface area (Å²) in [5.41, 5.74) is 1.04. The number of benzene rings is 2.